The van der Waals surface area contributed by atoms with E-state index in [0.717, 1.165) is 5.56 Å². The first-order valence-corrected chi connectivity index (χ1v) is 9.56. The summed E-state index contributed by atoms with van der Waals surface area (Å²) in [7, 11) is 0. The van der Waals surface area contributed by atoms with E-state index in [1.807, 2.05) is 13.0 Å². The van der Waals surface area contributed by atoms with Gasteiger partial charge in [0.05, 0.1) is 16.1 Å². The number of nitrogens with zero attached hydrogens (tertiary/aromatic N) is 2. The van der Waals surface area contributed by atoms with E-state index < -0.39 is 22.7 Å². The van der Waals surface area contributed by atoms with Gasteiger partial charge in [0.25, 0.3) is 17.4 Å². The molecule has 1 atom stereocenters. The van der Waals surface area contributed by atoms with Gasteiger partial charge in [0.1, 0.15) is 11.8 Å². The Hall–Kier alpha value is -4.26. The summed E-state index contributed by atoms with van der Waals surface area (Å²) < 4.78 is 0. The van der Waals surface area contributed by atoms with Gasteiger partial charge < -0.3 is 5.11 Å². The molecule has 1 unspecified atom stereocenters. The molecule has 1 N–H and O–H groups in total. The normalized spacial score (nSPS) is 17.7. The van der Waals surface area contributed by atoms with Crippen molar-refractivity contribution in [1.29, 1.82) is 0 Å². The van der Waals surface area contributed by atoms with Crippen molar-refractivity contribution < 1.29 is 19.6 Å². The Labute approximate surface area is 178 Å². The number of aliphatic hydroxyl groups excluding tert-OH is 1. The molecular weight excluding hydrogens is 396 g/mol. The molecule has 31 heavy (non-hydrogen) atoms. The molecule has 0 saturated carbocycles. The van der Waals surface area contributed by atoms with E-state index in [2.05, 4.69) is 0 Å². The summed E-state index contributed by atoms with van der Waals surface area (Å²) in [6, 6.07) is 20.0. The van der Waals surface area contributed by atoms with Gasteiger partial charge in [0.15, 0.2) is 0 Å². The molecule has 1 amide bonds. The number of carbonyl (C=O) groups is 2. The molecule has 0 spiro atoms. The van der Waals surface area contributed by atoms with Crippen molar-refractivity contribution in [2.75, 3.05) is 4.90 Å². The summed E-state index contributed by atoms with van der Waals surface area (Å²) in [5.41, 5.74) is 1.32. The number of nitro benzene ring substituents is 1. The van der Waals surface area contributed by atoms with E-state index in [1.165, 1.54) is 23.1 Å². The zero-order valence-corrected chi connectivity index (χ0v) is 16.6. The van der Waals surface area contributed by atoms with Gasteiger partial charge >= 0.3 is 0 Å². The first-order valence-electron chi connectivity index (χ1n) is 9.56. The Morgan fingerprint density at radius 1 is 0.968 bits per heavy atom. The maximum atomic E-state index is 13.1. The lowest BCUT2D eigenvalue weighted by atomic mass is 9.94. The van der Waals surface area contributed by atoms with E-state index in [-0.39, 0.29) is 22.6 Å². The van der Waals surface area contributed by atoms with Crippen molar-refractivity contribution in [2.45, 2.75) is 13.0 Å². The predicted molar refractivity (Wildman–Crippen MR) is 116 cm³/mol. The Bertz CT molecular complexity index is 1230. The molecule has 0 aliphatic carbocycles. The molecule has 7 heteroatoms. The number of benzene rings is 3. The van der Waals surface area contributed by atoms with Gasteiger partial charge in [0.2, 0.25) is 0 Å². The summed E-state index contributed by atoms with van der Waals surface area (Å²) in [5, 5.41) is 22.7. The second-order valence-corrected chi connectivity index (χ2v) is 7.19. The van der Waals surface area contributed by atoms with Gasteiger partial charge in [-0.05, 0) is 30.7 Å². The quantitative estimate of drug-likeness (QED) is 0.222. The summed E-state index contributed by atoms with van der Waals surface area (Å²) >= 11 is 0. The lowest BCUT2D eigenvalue weighted by molar-refractivity contribution is -0.385. The van der Waals surface area contributed by atoms with Gasteiger partial charge in [-0.15, -0.1) is 0 Å². The van der Waals surface area contributed by atoms with Crippen LogP contribution in [0.1, 0.15) is 22.7 Å². The molecule has 4 rings (SSSR count). The molecule has 7 nitrogen and oxygen atoms in total. The molecule has 1 aliphatic heterocycles. The lowest BCUT2D eigenvalue weighted by Gasteiger charge is -2.25. The number of hydrogen-bond donors (Lipinski definition) is 1. The molecule has 3 aromatic carbocycles. The minimum Gasteiger partial charge on any atom is -0.507 e. The molecule has 0 bridgehead atoms. The van der Waals surface area contributed by atoms with E-state index >= 15 is 0 Å². The zero-order valence-electron chi connectivity index (χ0n) is 16.6. The zero-order chi connectivity index (χ0) is 22.1. The maximum Gasteiger partial charge on any atom is 0.300 e. The fourth-order valence-electron chi connectivity index (χ4n) is 3.81. The Balaban J connectivity index is 2.02. The Kier molecular flexibility index (Phi) is 5.09. The molecule has 3 aromatic rings. The number of para-hydroxylation sites is 1. The van der Waals surface area contributed by atoms with Crippen molar-refractivity contribution in [3.8, 4) is 0 Å². The van der Waals surface area contributed by atoms with E-state index in [4.69, 9.17) is 0 Å². The standard InChI is InChI=1S/C24H18N2O5/c1-15-8-7-11-17(14-15)25-21(18-12-5-6-13-19(18)26(30)31)20(23(28)24(25)29)22(27)16-9-3-2-4-10-16/h2-14,21,27H,1H3/b22-20-. The van der Waals surface area contributed by atoms with Crippen LogP contribution in [0.4, 0.5) is 11.4 Å². The third-order valence-corrected chi connectivity index (χ3v) is 5.20. The SMILES string of the molecule is Cc1cccc(N2C(=O)C(=O)/C(=C(\O)c3ccccc3)C2c2ccccc2[N+](=O)[O-])c1. The smallest absolute Gasteiger partial charge is 0.300 e. The van der Waals surface area contributed by atoms with Crippen LogP contribution in [0, 0.1) is 17.0 Å². The minimum atomic E-state index is -1.15. The highest BCUT2D eigenvalue weighted by Crippen LogP contribution is 2.44. The van der Waals surface area contributed by atoms with Crippen molar-refractivity contribution in [1.82, 2.24) is 0 Å². The monoisotopic (exact) mass is 414 g/mol. The minimum absolute atomic E-state index is 0.144. The van der Waals surface area contributed by atoms with Crippen molar-refractivity contribution in [2.24, 2.45) is 0 Å². The molecule has 1 saturated heterocycles. The average Bonchev–Trinajstić information content (AvgIpc) is 3.04. The number of Topliss-reactive ketones (excluding diaryl/α,β-unsaturated/α-hetero) is 1. The summed E-state index contributed by atoms with van der Waals surface area (Å²) in [6.45, 7) is 1.84. The molecule has 1 aliphatic rings. The summed E-state index contributed by atoms with van der Waals surface area (Å²) in [5.74, 6) is -2.13. The first kappa shape index (κ1) is 20.0. The van der Waals surface area contributed by atoms with Crippen LogP contribution in [0.25, 0.3) is 5.76 Å². The third-order valence-electron chi connectivity index (χ3n) is 5.20. The molecule has 0 aromatic heterocycles. The third kappa shape index (κ3) is 3.46. The van der Waals surface area contributed by atoms with Crippen LogP contribution in [-0.2, 0) is 9.59 Å². The highest BCUT2D eigenvalue weighted by Gasteiger charge is 2.48. The second-order valence-electron chi connectivity index (χ2n) is 7.19. The number of carbonyl (C=O) groups excluding carboxylic acids is 2. The number of aryl methyl sites for hydroxylation is 1. The van der Waals surface area contributed by atoms with Crippen LogP contribution in [0.2, 0.25) is 0 Å². The Morgan fingerprint density at radius 3 is 2.32 bits per heavy atom. The molecule has 1 fully saturated rings. The number of anilines is 1. The van der Waals surface area contributed by atoms with Crippen LogP contribution in [0.3, 0.4) is 0 Å². The van der Waals surface area contributed by atoms with Crippen molar-refractivity contribution >= 4 is 28.8 Å². The summed E-state index contributed by atoms with van der Waals surface area (Å²) in [6.07, 6.45) is 0. The number of aliphatic hydroxyl groups is 1. The largest absolute Gasteiger partial charge is 0.507 e. The van der Waals surface area contributed by atoms with Gasteiger partial charge in [-0.2, -0.15) is 0 Å². The van der Waals surface area contributed by atoms with E-state index in [9.17, 15) is 24.8 Å². The lowest BCUT2D eigenvalue weighted by Crippen LogP contribution is -2.29. The molecule has 1 heterocycles. The van der Waals surface area contributed by atoms with Gasteiger partial charge in [-0.3, -0.25) is 24.6 Å². The van der Waals surface area contributed by atoms with Gasteiger partial charge in [-0.25, -0.2) is 0 Å². The number of nitro groups is 1. The number of ketones is 1. The number of rotatable bonds is 4. The molecule has 0 radical (unpaired) electrons. The second kappa shape index (κ2) is 7.87. The van der Waals surface area contributed by atoms with Crippen molar-refractivity contribution in [3.63, 3.8) is 0 Å². The Morgan fingerprint density at radius 2 is 1.65 bits per heavy atom. The van der Waals surface area contributed by atoms with Crippen LogP contribution < -0.4 is 4.90 Å². The predicted octanol–water partition coefficient (Wildman–Crippen LogP) is 4.53. The molecule has 154 valence electrons. The van der Waals surface area contributed by atoms with Crippen LogP contribution in [-0.4, -0.2) is 21.7 Å². The van der Waals surface area contributed by atoms with E-state index in [1.54, 1.807) is 54.6 Å². The number of amides is 1. The van der Waals surface area contributed by atoms with Crippen LogP contribution in [0.15, 0.2) is 84.4 Å². The summed E-state index contributed by atoms with van der Waals surface area (Å²) in [4.78, 5) is 38.5. The van der Waals surface area contributed by atoms with Crippen molar-refractivity contribution in [3.05, 3.63) is 111 Å². The molecular formula is C24H18N2O5. The fraction of sp³-hybridized carbons (Fsp3) is 0.0833. The van der Waals surface area contributed by atoms with Crippen LogP contribution >= 0.6 is 0 Å². The topological polar surface area (TPSA) is 101 Å². The highest BCUT2D eigenvalue weighted by atomic mass is 16.6. The van der Waals surface area contributed by atoms with Crippen LogP contribution in [0.5, 0.6) is 0 Å². The van der Waals surface area contributed by atoms with E-state index in [0.29, 0.717) is 11.3 Å². The average molecular weight is 414 g/mol. The fourth-order valence-corrected chi connectivity index (χ4v) is 3.81. The number of hydrogen-bond acceptors (Lipinski definition) is 5. The first-order chi connectivity index (χ1) is 14.9. The maximum absolute atomic E-state index is 13.1. The highest BCUT2D eigenvalue weighted by molar-refractivity contribution is 6.51. The van der Waals surface area contributed by atoms with Gasteiger partial charge in [0, 0.05) is 17.3 Å². The van der Waals surface area contributed by atoms with Gasteiger partial charge in [-0.1, -0.05) is 54.6 Å².